The largest absolute Gasteiger partial charge is 0.362 e. The van der Waals surface area contributed by atoms with E-state index in [1.54, 1.807) is 18.3 Å². The van der Waals surface area contributed by atoms with Crippen molar-refractivity contribution in [1.82, 2.24) is 4.98 Å². The number of nitrogens with zero attached hydrogens (tertiary/aromatic N) is 2. The van der Waals surface area contributed by atoms with Gasteiger partial charge in [-0.15, -0.1) is 0 Å². The maximum atomic E-state index is 9.01. The first-order valence-corrected chi connectivity index (χ1v) is 5.89. The van der Waals surface area contributed by atoms with Crippen LogP contribution in [0.2, 0.25) is 0 Å². The molecule has 1 aromatic carbocycles. The molecular formula is C15H15N3. The van der Waals surface area contributed by atoms with E-state index >= 15 is 0 Å². The van der Waals surface area contributed by atoms with Gasteiger partial charge in [0, 0.05) is 12.2 Å². The van der Waals surface area contributed by atoms with E-state index in [-0.39, 0.29) is 6.04 Å². The van der Waals surface area contributed by atoms with Crippen molar-refractivity contribution in [3.8, 4) is 6.07 Å². The quantitative estimate of drug-likeness (QED) is 0.889. The maximum Gasteiger partial charge on any atom is 0.144 e. The topological polar surface area (TPSA) is 48.7 Å². The first-order valence-electron chi connectivity index (χ1n) is 5.89. The summed E-state index contributed by atoms with van der Waals surface area (Å²) in [4.78, 5) is 4.20. The molecule has 0 saturated carbocycles. The monoisotopic (exact) mass is 237 g/mol. The van der Waals surface area contributed by atoms with Crippen LogP contribution in [0.4, 0.5) is 5.82 Å². The molecule has 0 fully saturated rings. The number of aromatic nitrogens is 1. The zero-order valence-corrected chi connectivity index (χ0v) is 10.5. The highest BCUT2D eigenvalue weighted by atomic mass is 15.0. The Morgan fingerprint density at radius 1 is 1.22 bits per heavy atom. The van der Waals surface area contributed by atoms with Crippen LogP contribution in [-0.2, 0) is 0 Å². The van der Waals surface area contributed by atoms with E-state index in [1.165, 1.54) is 11.1 Å². The molecular weight excluding hydrogens is 222 g/mol. The first kappa shape index (κ1) is 12.1. The highest BCUT2D eigenvalue weighted by Gasteiger charge is 2.08. The number of nitrogens with one attached hydrogen (secondary N) is 1. The summed E-state index contributed by atoms with van der Waals surface area (Å²) in [5.74, 6) is 0.632. The predicted octanol–water partition coefficient (Wildman–Crippen LogP) is 3.43. The third kappa shape index (κ3) is 2.67. The third-order valence-electron chi connectivity index (χ3n) is 2.86. The van der Waals surface area contributed by atoms with Crippen LogP contribution >= 0.6 is 0 Å². The van der Waals surface area contributed by atoms with Crippen molar-refractivity contribution in [3.05, 3.63) is 59.3 Å². The van der Waals surface area contributed by atoms with Crippen molar-refractivity contribution in [3.63, 3.8) is 0 Å². The standard InChI is InChI=1S/C15H15N3/c1-11-5-7-13(8-6-11)12(2)18-15-14(10-16)4-3-9-17-15/h3-9,12H,1-2H3,(H,17,18). The molecule has 3 heteroatoms. The number of benzene rings is 1. The molecule has 2 aromatic rings. The molecule has 0 aliphatic carbocycles. The van der Waals surface area contributed by atoms with Crippen molar-refractivity contribution in [2.24, 2.45) is 0 Å². The number of rotatable bonds is 3. The van der Waals surface area contributed by atoms with Crippen LogP contribution in [0.5, 0.6) is 0 Å². The summed E-state index contributed by atoms with van der Waals surface area (Å²) in [5.41, 5.74) is 2.98. The molecule has 3 nitrogen and oxygen atoms in total. The van der Waals surface area contributed by atoms with Gasteiger partial charge in [0.1, 0.15) is 11.9 Å². The van der Waals surface area contributed by atoms with Gasteiger partial charge in [0.2, 0.25) is 0 Å². The van der Waals surface area contributed by atoms with Crippen molar-refractivity contribution < 1.29 is 0 Å². The first-order chi connectivity index (χ1) is 8.70. The van der Waals surface area contributed by atoms with Gasteiger partial charge in [-0.1, -0.05) is 29.8 Å². The average molecular weight is 237 g/mol. The van der Waals surface area contributed by atoms with Gasteiger partial charge in [0.15, 0.2) is 0 Å². The minimum atomic E-state index is 0.118. The average Bonchev–Trinajstić information content (AvgIpc) is 2.40. The SMILES string of the molecule is Cc1ccc(C(C)Nc2ncccc2C#N)cc1. The molecule has 0 aliphatic rings. The van der Waals surface area contributed by atoms with Gasteiger partial charge in [0.05, 0.1) is 5.56 Å². The number of hydrogen-bond acceptors (Lipinski definition) is 3. The Morgan fingerprint density at radius 2 is 1.94 bits per heavy atom. The summed E-state index contributed by atoms with van der Waals surface area (Å²) >= 11 is 0. The maximum absolute atomic E-state index is 9.01. The van der Waals surface area contributed by atoms with Gasteiger partial charge in [-0.25, -0.2) is 4.98 Å². The minimum absolute atomic E-state index is 0.118. The molecule has 0 bridgehead atoms. The van der Waals surface area contributed by atoms with E-state index in [0.717, 1.165) is 0 Å². The summed E-state index contributed by atoms with van der Waals surface area (Å²) in [6.07, 6.45) is 1.69. The highest BCUT2D eigenvalue weighted by Crippen LogP contribution is 2.20. The van der Waals surface area contributed by atoms with E-state index in [0.29, 0.717) is 11.4 Å². The molecule has 90 valence electrons. The lowest BCUT2D eigenvalue weighted by Crippen LogP contribution is -2.09. The Hall–Kier alpha value is -2.34. The van der Waals surface area contributed by atoms with Crippen LogP contribution in [0.1, 0.15) is 29.7 Å². The van der Waals surface area contributed by atoms with Gasteiger partial charge in [-0.2, -0.15) is 5.26 Å². The van der Waals surface area contributed by atoms with Gasteiger partial charge in [0.25, 0.3) is 0 Å². The van der Waals surface area contributed by atoms with Crippen molar-refractivity contribution in [2.45, 2.75) is 19.9 Å². The number of aryl methyl sites for hydroxylation is 1. The molecule has 2 rings (SSSR count). The van der Waals surface area contributed by atoms with E-state index in [4.69, 9.17) is 5.26 Å². The van der Waals surface area contributed by atoms with Crippen LogP contribution in [-0.4, -0.2) is 4.98 Å². The molecule has 0 aliphatic heterocycles. The summed E-state index contributed by atoms with van der Waals surface area (Å²) in [5, 5.41) is 12.3. The van der Waals surface area contributed by atoms with Crippen LogP contribution < -0.4 is 5.32 Å². The molecule has 1 N–H and O–H groups in total. The zero-order valence-electron chi connectivity index (χ0n) is 10.5. The zero-order chi connectivity index (χ0) is 13.0. The van der Waals surface area contributed by atoms with Crippen LogP contribution in [0.3, 0.4) is 0 Å². The lowest BCUT2D eigenvalue weighted by molar-refractivity contribution is 0.873. The molecule has 1 unspecified atom stereocenters. The fourth-order valence-corrected chi connectivity index (χ4v) is 1.75. The molecule has 18 heavy (non-hydrogen) atoms. The number of nitriles is 1. The number of anilines is 1. The fourth-order valence-electron chi connectivity index (χ4n) is 1.75. The van der Waals surface area contributed by atoms with E-state index < -0.39 is 0 Å². The van der Waals surface area contributed by atoms with Crippen LogP contribution in [0.25, 0.3) is 0 Å². The molecule has 0 saturated heterocycles. The second kappa shape index (κ2) is 5.33. The smallest absolute Gasteiger partial charge is 0.144 e. The van der Waals surface area contributed by atoms with E-state index in [2.05, 4.69) is 54.5 Å². The summed E-state index contributed by atoms with van der Waals surface area (Å²) < 4.78 is 0. The molecule has 1 atom stereocenters. The van der Waals surface area contributed by atoms with Gasteiger partial charge in [-0.3, -0.25) is 0 Å². The predicted molar refractivity (Wildman–Crippen MR) is 72.2 cm³/mol. The Bertz CT molecular complexity index is 567. The molecule has 0 amide bonds. The Morgan fingerprint density at radius 3 is 2.61 bits per heavy atom. The van der Waals surface area contributed by atoms with E-state index in [1.807, 2.05) is 0 Å². The molecule has 0 radical (unpaired) electrons. The van der Waals surface area contributed by atoms with Crippen LogP contribution in [0.15, 0.2) is 42.6 Å². The Balaban J connectivity index is 2.19. The molecule has 0 spiro atoms. The number of hydrogen-bond donors (Lipinski definition) is 1. The Labute approximate surface area is 107 Å². The van der Waals surface area contributed by atoms with Crippen LogP contribution in [0, 0.1) is 18.3 Å². The second-order valence-electron chi connectivity index (χ2n) is 4.29. The molecule has 1 aromatic heterocycles. The van der Waals surface area contributed by atoms with Crippen molar-refractivity contribution in [1.29, 1.82) is 5.26 Å². The molecule has 1 heterocycles. The Kier molecular flexibility index (Phi) is 3.59. The van der Waals surface area contributed by atoms with Gasteiger partial charge >= 0.3 is 0 Å². The summed E-state index contributed by atoms with van der Waals surface area (Å²) in [6.45, 7) is 4.12. The van der Waals surface area contributed by atoms with E-state index in [9.17, 15) is 0 Å². The van der Waals surface area contributed by atoms with Gasteiger partial charge in [-0.05, 0) is 31.5 Å². The van der Waals surface area contributed by atoms with Crippen molar-refractivity contribution >= 4 is 5.82 Å². The minimum Gasteiger partial charge on any atom is -0.362 e. The second-order valence-corrected chi connectivity index (χ2v) is 4.29. The highest BCUT2D eigenvalue weighted by molar-refractivity contribution is 5.52. The van der Waals surface area contributed by atoms with Gasteiger partial charge < -0.3 is 5.32 Å². The fraction of sp³-hybridized carbons (Fsp3) is 0.200. The summed E-state index contributed by atoms with van der Waals surface area (Å²) in [7, 11) is 0. The summed E-state index contributed by atoms with van der Waals surface area (Å²) in [6, 6.07) is 14.1. The van der Waals surface area contributed by atoms with Crippen molar-refractivity contribution in [2.75, 3.05) is 5.32 Å². The number of pyridine rings is 1. The lowest BCUT2D eigenvalue weighted by atomic mass is 10.1. The third-order valence-corrected chi connectivity index (χ3v) is 2.86. The normalized spacial score (nSPS) is 11.6. The lowest BCUT2D eigenvalue weighted by Gasteiger charge is -2.15.